The van der Waals surface area contributed by atoms with Gasteiger partial charge in [0.2, 0.25) is 0 Å². The molecule has 0 spiro atoms. The Morgan fingerprint density at radius 3 is 2.37 bits per heavy atom. The predicted octanol–water partition coefficient (Wildman–Crippen LogP) is 5.99. The van der Waals surface area contributed by atoms with Crippen LogP contribution >= 0.6 is 11.6 Å². The SMILES string of the molecule is CC(C)n1cc(-c2ccc(Cl)c(CC[C@@H](CNc3ccc(-c4nncn4C)cc3)NC(=O)OC(CF)CF)c2)ccc1=O. The van der Waals surface area contributed by atoms with Crippen molar-refractivity contribution in [1.29, 1.82) is 0 Å². The molecule has 4 aromatic rings. The molecule has 43 heavy (non-hydrogen) atoms. The molecule has 0 aliphatic carbocycles. The zero-order chi connectivity index (χ0) is 30.9. The van der Waals surface area contributed by atoms with Gasteiger partial charge in [-0.2, -0.15) is 0 Å². The quantitative estimate of drug-likeness (QED) is 0.192. The molecule has 0 fully saturated rings. The Kier molecular flexibility index (Phi) is 10.9. The Morgan fingerprint density at radius 2 is 1.72 bits per heavy atom. The average molecular weight is 613 g/mol. The van der Waals surface area contributed by atoms with Gasteiger partial charge in [-0.05, 0) is 85.8 Å². The minimum Gasteiger partial charge on any atom is -0.441 e. The molecule has 0 saturated carbocycles. The van der Waals surface area contributed by atoms with E-state index in [9.17, 15) is 18.4 Å². The number of carbonyl (C=O) groups excluding carboxylic acids is 1. The van der Waals surface area contributed by atoms with Crippen molar-refractivity contribution in [3.63, 3.8) is 0 Å². The van der Waals surface area contributed by atoms with Crippen molar-refractivity contribution >= 4 is 23.4 Å². The van der Waals surface area contributed by atoms with Gasteiger partial charge in [0.15, 0.2) is 11.9 Å². The minimum atomic E-state index is -1.46. The highest BCUT2D eigenvalue weighted by Crippen LogP contribution is 2.27. The number of hydrogen-bond acceptors (Lipinski definition) is 6. The van der Waals surface area contributed by atoms with E-state index < -0.39 is 31.6 Å². The molecule has 0 saturated heterocycles. The van der Waals surface area contributed by atoms with E-state index in [-0.39, 0.29) is 11.6 Å². The van der Waals surface area contributed by atoms with Gasteiger partial charge in [-0.15, -0.1) is 10.2 Å². The van der Waals surface area contributed by atoms with Crippen LogP contribution in [0.1, 0.15) is 31.9 Å². The average Bonchev–Trinajstić information content (AvgIpc) is 3.44. The molecule has 12 heteroatoms. The summed E-state index contributed by atoms with van der Waals surface area (Å²) in [4.78, 5) is 24.7. The van der Waals surface area contributed by atoms with Crippen LogP contribution in [0.5, 0.6) is 0 Å². The monoisotopic (exact) mass is 612 g/mol. The molecular formula is C31H35ClF2N6O3. The molecule has 1 atom stereocenters. The number of alkyl carbamates (subject to hydrolysis) is 1. The molecule has 0 radical (unpaired) electrons. The van der Waals surface area contributed by atoms with Gasteiger partial charge in [0.1, 0.15) is 19.7 Å². The summed E-state index contributed by atoms with van der Waals surface area (Å²) < 4.78 is 34.3. The van der Waals surface area contributed by atoms with E-state index >= 15 is 0 Å². The summed E-state index contributed by atoms with van der Waals surface area (Å²) in [5, 5.41) is 14.6. The van der Waals surface area contributed by atoms with E-state index in [1.165, 1.54) is 0 Å². The van der Waals surface area contributed by atoms with Crippen LogP contribution in [0, 0.1) is 0 Å². The van der Waals surface area contributed by atoms with Crippen LogP contribution in [0.2, 0.25) is 5.02 Å². The van der Waals surface area contributed by atoms with Crippen molar-refractivity contribution in [2.45, 2.75) is 44.9 Å². The highest BCUT2D eigenvalue weighted by Gasteiger charge is 2.19. The normalized spacial score (nSPS) is 12.0. The standard InChI is InChI=1S/C31H35ClF2N6O3/c1-20(2)40-18-24(8-13-29(40)41)22-7-12-28(32)23(14-22)6-11-26(37-31(42)43-27(15-33)16-34)17-35-25-9-4-21(5-10-25)30-38-36-19-39(30)3/h4-5,7-10,12-14,18-20,26-27,35H,6,11,15-17H2,1-3H3,(H,37,42)/t26-/m0/s1. The fourth-order valence-corrected chi connectivity index (χ4v) is 4.77. The molecule has 2 aromatic heterocycles. The molecule has 2 heterocycles. The van der Waals surface area contributed by atoms with Gasteiger partial charge in [0.25, 0.3) is 5.56 Å². The van der Waals surface area contributed by atoms with Crippen LogP contribution in [-0.2, 0) is 18.2 Å². The van der Waals surface area contributed by atoms with Crippen LogP contribution < -0.4 is 16.2 Å². The van der Waals surface area contributed by atoms with Crippen molar-refractivity contribution < 1.29 is 18.3 Å². The molecular weight excluding hydrogens is 578 g/mol. The van der Waals surface area contributed by atoms with Crippen molar-refractivity contribution in [1.82, 2.24) is 24.6 Å². The number of pyridine rings is 1. The van der Waals surface area contributed by atoms with Crippen LogP contribution in [-0.4, -0.2) is 57.5 Å². The molecule has 2 N–H and O–H groups in total. The van der Waals surface area contributed by atoms with E-state index in [1.54, 1.807) is 29.1 Å². The van der Waals surface area contributed by atoms with Crippen LogP contribution in [0.15, 0.2) is 71.9 Å². The lowest BCUT2D eigenvalue weighted by Gasteiger charge is -2.21. The van der Waals surface area contributed by atoms with E-state index in [0.717, 1.165) is 33.8 Å². The second-order valence-corrected chi connectivity index (χ2v) is 10.9. The largest absolute Gasteiger partial charge is 0.441 e. The third-order valence-electron chi connectivity index (χ3n) is 6.98. The van der Waals surface area contributed by atoms with Crippen LogP contribution in [0.25, 0.3) is 22.5 Å². The first-order valence-corrected chi connectivity index (χ1v) is 14.3. The number of aromatic nitrogens is 4. The number of rotatable bonds is 13. The number of ether oxygens (including phenoxy) is 1. The summed E-state index contributed by atoms with van der Waals surface area (Å²) in [5.41, 5.74) is 4.24. The number of nitrogens with zero attached hydrogens (tertiary/aromatic N) is 4. The first-order valence-electron chi connectivity index (χ1n) is 14.0. The van der Waals surface area contributed by atoms with E-state index in [2.05, 4.69) is 20.8 Å². The molecule has 0 unspecified atom stereocenters. The maximum Gasteiger partial charge on any atom is 0.407 e. The number of hydrogen-bond donors (Lipinski definition) is 2. The fourth-order valence-electron chi connectivity index (χ4n) is 4.56. The first-order chi connectivity index (χ1) is 20.7. The Labute approximate surface area is 253 Å². The number of aryl methyl sites for hydroxylation is 2. The Morgan fingerprint density at radius 1 is 1.02 bits per heavy atom. The maximum atomic E-state index is 13.0. The van der Waals surface area contributed by atoms with E-state index in [1.807, 2.05) is 68.1 Å². The molecule has 2 aromatic carbocycles. The third kappa shape index (κ3) is 8.41. The summed E-state index contributed by atoms with van der Waals surface area (Å²) in [6, 6.07) is 16.1. The van der Waals surface area contributed by atoms with Gasteiger partial charge in [0, 0.05) is 54.2 Å². The number of alkyl halides is 2. The van der Waals surface area contributed by atoms with Gasteiger partial charge in [0.05, 0.1) is 0 Å². The van der Waals surface area contributed by atoms with E-state index in [0.29, 0.717) is 24.4 Å². The van der Waals surface area contributed by atoms with Crippen molar-refractivity contribution in [2.24, 2.45) is 7.05 Å². The molecule has 0 aliphatic heterocycles. The molecule has 0 bridgehead atoms. The fraction of sp³-hybridized carbons (Fsp3) is 0.355. The smallest absolute Gasteiger partial charge is 0.407 e. The van der Waals surface area contributed by atoms with Crippen LogP contribution in [0.4, 0.5) is 19.3 Å². The zero-order valence-electron chi connectivity index (χ0n) is 24.3. The second kappa shape index (κ2) is 14.8. The van der Waals surface area contributed by atoms with Crippen molar-refractivity contribution in [3.05, 3.63) is 88.1 Å². The summed E-state index contributed by atoms with van der Waals surface area (Å²) in [7, 11) is 1.86. The van der Waals surface area contributed by atoms with Crippen LogP contribution in [0.3, 0.4) is 0 Å². The highest BCUT2D eigenvalue weighted by atomic mass is 35.5. The number of amides is 1. The molecule has 9 nitrogen and oxygen atoms in total. The molecule has 228 valence electrons. The Bertz CT molecular complexity index is 1570. The Balaban J connectivity index is 1.48. The summed E-state index contributed by atoms with van der Waals surface area (Å²) in [6.07, 6.45) is 2.03. The second-order valence-electron chi connectivity index (χ2n) is 10.5. The lowest BCUT2D eigenvalue weighted by atomic mass is 9.99. The van der Waals surface area contributed by atoms with Gasteiger partial charge >= 0.3 is 6.09 Å². The number of nitrogens with one attached hydrogen (secondary N) is 2. The molecule has 4 rings (SSSR count). The highest BCUT2D eigenvalue weighted by molar-refractivity contribution is 6.31. The predicted molar refractivity (Wildman–Crippen MR) is 164 cm³/mol. The van der Waals surface area contributed by atoms with E-state index in [4.69, 9.17) is 16.3 Å². The maximum absolute atomic E-state index is 13.0. The Hall–Kier alpha value is -4.25. The third-order valence-corrected chi connectivity index (χ3v) is 7.35. The summed E-state index contributed by atoms with van der Waals surface area (Å²) in [5.74, 6) is 0.728. The number of anilines is 1. The number of carbonyl (C=O) groups is 1. The molecule has 0 aliphatic rings. The molecule has 1 amide bonds. The lowest BCUT2D eigenvalue weighted by molar-refractivity contribution is 0.0635. The first kappa shape index (κ1) is 31.7. The number of halogens is 3. The van der Waals surface area contributed by atoms with Crippen molar-refractivity contribution in [2.75, 3.05) is 25.2 Å². The summed E-state index contributed by atoms with van der Waals surface area (Å²) in [6.45, 7) is 1.97. The topological polar surface area (TPSA) is 103 Å². The lowest BCUT2D eigenvalue weighted by Crippen LogP contribution is -2.42. The van der Waals surface area contributed by atoms with Gasteiger partial charge in [-0.3, -0.25) is 4.79 Å². The van der Waals surface area contributed by atoms with Crippen molar-refractivity contribution in [3.8, 4) is 22.5 Å². The number of benzene rings is 2. The zero-order valence-corrected chi connectivity index (χ0v) is 25.0. The summed E-state index contributed by atoms with van der Waals surface area (Å²) >= 11 is 6.55. The van der Waals surface area contributed by atoms with Gasteiger partial charge in [-0.25, -0.2) is 13.6 Å². The minimum absolute atomic E-state index is 0.00993. The van der Waals surface area contributed by atoms with Gasteiger partial charge in [-0.1, -0.05) is 17.7 Å². The van der Waals surface area contributed by atoms with Gasteiger partial charge < -0.3 is 24.5 Å².